The molecule has 0 unspecified atom stereocenters. The average molecular weight is 353 g/mol. The zero-order chi connectivity index (χ0) is 17.9. The number of carbonyl (C=O) groups excluding carboxylic acids is 1. The maximum absolute atomic E-state index is 13.7. The van der Waals surface area contributed by atoms with E-state index in [0.29, 0.717) is 16.3 Å². The van der Waals surface area contributed by atoms with Crippen LogP contribution >= 0.6 is 11.6 Å². The van der Waals surface area contributed by atoms with Gasteiger partial charge in [0.05, 0.1) is 17.3 Å². The number of hydrogen-bond acceptors (Lipinski definition) is 2. The third kappa shape index (κ3) is 4.52. The van der Waals surface area contributed by atoms with Crippen molar-refractivity contribution in [3.63, 3.8) is 0 Å². The summed E-state index contributed by atoms with van der Waals surface area (Å²) in [5.41, 5.74) is 2.74. The Balaban J connectivity index is 1.98. The molecule has 2 rings (SSSR count). The molecule has 2 aromatic carbocycles. The lowest BCUT2D eigenvalue weighted by Crippen LogP contribution is -2.30. The summed E-state index contributed by atoms with van der Waals surface area (Å²) in [4.78, 5) is 12.1. The van der Waals surface area contributed by atoms with Crippen LogP contribution in [0.4, 0.5) is 14.5 Å². The van der Waals surface area contributed by atoms with Gasteiger partial charge in [-0.25, -0.2) is 8.78 Å². The van der Waals surface area contributed by atoms with Crippen LogP contribution in [0.15, 0.2) is 30.3 Å². The van der Waals surface area contributed by atoms with Gasteiger partial charge in [0, 0.05) is 17.7 Å². The van der Waals surface area contributed by atoms with Gasteiger partial charge in [-0.1, -0.05) is 23.7 Å². The number of rotatable bonds is 5. The average Bonchev–Trinajstić information content (AvgIpc) is 2.48. The van der Waals surface area contributed by atoms with Crippen LogP contribution in [0.3, 0.4) is 0 Å². The number of hydrogen-bond donors (Lipinski definition) is 2. The molecule has 1 atom stereocenters. The molecule has 0 bridgehead atoms. The first-order chi connectivity index (χ1) is 11.3. The fraction of sp³-hybridized carbons (Fsp3) is 0.278. The number of carbonyl (C=O) groups is 1. The first-order valence-electron chi connectivity index (χ1n) is 7.53. The van der Waals surface area contributed by atoms with Crippen LogP contribution in [0.1, 0.15) is 29.7 Å². The van der Waals surface area contributed by atoms with Gasteiger partial charge in [0.25, 0.3) is 0 Å². The van der Waals surface area contributed by atoms with Gasteiger partial charge >= 0.3 is 0 Å². The fourth-order valence-corrected chi connectivity index (χ4v) is 2.83. The van der Waals surface area contributed by atoms with E-state index in [0.717, 1.165) is 17.2 Å². The molecule has 0 spiro atoms. The second-order valence-corrected chi connectivity index (χ2v) is 6.16. The molecule has 0 saturated heterocycles. The van der Waals surface area contributed by atoms with Crippen molar-refractivity contribution in [2.75, 3.05) is 11.9 Å². The number of halogens is 3. The van der Waals surface area contributed by atoms with Crippen LogP contribution in [0, 0.1) is 25.5 Å². The zero-order valence-corrected chi connectivity index (χ0v) is 14.5. The highest BCUT2D eigenvalue weighted by Gasteiger charge is 2.14. The Morgan fingerprint density at radius 1 is 1.21 bits per heavy atom. The highest BCUT2D eigenvalue weighted by molar-refractivity contribution is 6.34. The highest BCUT2D eigenvalue weighted by atomic mass is 35.5. The van der Waals surface area contributed by atoms with Gasteiger partial charge in [0.1, 0.15) is 11.6 Å². The Kier molecular flexibility index (Phi) is 5.91. The summed E-state index contributed by atoms with van der Waals surface area (Å²) in [6, 6.07) is 6.63. The van der Waals surface area contributed by atoms with Crippen molar-refractivity contribution in [3.05, 3.63) is 63.7 Å². The van der Waals surface area contributed by atoms with Crippen molar-refractivity contribution in [1.29, 1.82) is 0 Å². The van der Waals surface area contributed by atoms with Crippen molar-refractivity contribution in [1.82, 2.24) is 5.32 Å². The molecule has 2 N–H and O–H groups in total. The maximum Gasteiger partial charge on any atom is 0.238 e. The lowest BCUT2D eigenvalue weighted by molar-refractivity contribution is -0.115. The molecule has 6 heteroatoms. The predicted octanol–water partition coefficient (Wildman–Crippen LogP) is 4.52. The van der Waals surface area contributed by atoms with Crippen molar-refractivity contribution < 1.29 is 13.6 Å². The minimum atomic E-state index is -0.646. The highest BCUT2D eigenvalue weighted by Crippen LogP contribution is 2.27. The van der Waals surface area contributed by atoms with Crippen LogP contribution < -0.4 is 10.6 Å². The Morgan fingerprint density at radius 3 is 2.54 bits per heavy atom. The molecule has 128 valence electrons. The van der Waals surface area contributed by atoms with E-state index in [2.05, 4.69) is 10.6 Å². The summed E-state index contributed by atoms with van der Waals surface area (Å²) >= 11 is 6.15. The van der Waals surface area contributed by atoms with Crippen LogP contribution in [0.2, 0.25) is 5.02 Å². The van der Waals surface area contributed by atoms with E-state index in [1.807, 2.05) is 19.9 Å². The standard InChI is InChI=1S/C18H19ClF2N2O/c1-10-6-11(2)18(15(19)7-10)23-17(24)9-22-12(3)14-5-4-13(20)8-16(14)21/h4-8,12,22H,9H2,1-3H3,(H,23,24)/t12-/m0/s1. The number of amides is 1. The maximum atomic E-state index is 13.7. The Hall–Kier alpha value is -1.98. The number of aryl methyl sites for hydroxylation is 2. The topological polar surface area (TPSA) is 41.1 Å². The van der Waals surface area contributed by atoms with Gasteiger partial charge in [0.15, 0.2) is 0 Å². The van der Waals surface area contributed by atoms with Crippen LogP contribution in [-0.2, 0) is 4.79 Å². The number of anilines is 1. The Labute approximate surface area is 145 Å². The molecule has 2 aromatic rings. The molecule has 3 nitrogen and oxygen atoms in total. The SMILES string of the molecule is Cc1cc(C)c(NC(=O)CN[C@@H](C)c2ccc(F)cc2F)c(Cl)c1. The first kappa shape index (κ1) is 18.4. The second-order valence-electron chi connectivity index (χ2n) is 5.76. The monoisotopic (exact) mass is 352 g/mol. The molecule has 0 aliphatic carbocycles. The molecule has 0 fully saturated rings. The van der Waals surface area contributed by atoms with E-state index in [4.69, 9.17) is 11.6 Å². The molecular formula is C18H19ClF2N2O. The summed E-state index contributed by atoms with van der Waals surface area (Å²) < 4.78 is 26.7. The second kappa shape index (κ2) is 7.73. The third-order valence-corrected chi connectivity index (χ3v) is 3.99. The summed E-state index contributed by atoms with van der Waals surface area (Å²) in [7, 11) is 0. The largest absolute Gasteiger partial charge is 0.323 e. The van der Waals surface area contributed by atoms with E-state index >= 15 is 0 Å². The van der Waals surface area contributed by atoms with Gasteiger partial charge in [-0.2, -0.15) is 0 Å². The van der Waals surface area contributed by atoms with Crippen LogP contribution in [0.5, 0.6) is 0 Å². The smallest absolute Gasteiger partial charge is 0.238 e. The molecule has 24 heavy (non-hydrogen) atoms. The lowest BCUT2D eigenvalue weighted by atomic mass is 10.1. The quantitative estimate of drug-likeness (QED) is 0.830. The first-order valence-corrected chi connectivity index (χ1v) is 7.90. The molecule has 0 aliphatic rings. The van der Waals surface area contributed by atoms with E-state index < -0.39 is 17.7 Å². The van der Waals surface area contributed by atoms with Gasteiger partial charge in [-0.05, 0) is 44.0 Å². The van der Waals surface area contributed by atoms with E-state index in [1.54, 1.807) is 13.0 Å². The third-order valence-electron chi connectivity index (χ3n) is 3.69. The van der Waals surface area contributed by atoms with E-state index in [-0.39, 0.29) is 12.5 Å². The molecule has 1 amide bonds. The van der Waals surface area contributed by atoms with Crippen molar-refractivity contribution in [2.45, 2.75) is 26.8 Å². The summed E-state index contributed by atoms with van der Waals surface area (Å²) in [5.74, 6) is -1.57. The van der Waals surface area contributed by atoms with Gasteiger partial charge in [0.2, 0.25) is 5.91 Å². The minimum Gasteiger partial charge on any atom is -0.323 e. The molecule has 0 saturated carbocycles. The molecule has 0 radical (unpaired) electrons. The minimum absolute atomic E-state index is 0.0262. The molecule has 0 aliphatic heterocycles. The zero-order valence-electron chi connectivity index (χ0n) is 13.7. The van der Waals surface area contributed by atoms with Gasteiger partial charge in [-0.15, -0.1) is 0 Å². The molecule has 0 heterocycles. The van der Waals surface area contributed by atoms with Crippen LogP contribution in [0.25, 0.3) is 0 Å². The Bertz CT molecular complexity index is 742. The van der Waals surface area contributed by atoms with Gasteiger partial charge < -0.3 is 10.6 Å². The summed E-state index contributed by atoms with van der Waals surface area (Å²) in [5, 5.41) is 6.13. The molecule has 0 aromatic heterocycles. The Morgan fingerprint density at radius 2 is 1.92 bits per heavy atom. The summed E-state index contributed by atoms with van der Waals surface area (Å²) in [6.07, 6.45) is 0. The predicted molar refractivity (Wildman–Crippen MR) is 92.3 cm³/mol. The normalized spacial score (nSPS) is 12.1. The van der Waals surface area contributed by atoms with Crippen LogP contribution in [-0.4, -0.2) is 12.5 Å². The van der Waals surface area contributed by atoms with Crippen molar-refractivity contribution in [2.24, 2.45) is 0 Å². The number of nitrogens with one attached hydrogen (secondary N) is 2. The lowest BCUT2D eigenvalue weighted by Gasteiger charge is -2.16. The molecular weight excluding hydrogens is 334 g/mol. The van der Waals surface area contributed by atoms with E-state index in [9.17, 15) is 13.6 Å². The van der Waals surface area contributed by atoms with Crippen molar-refractivity contribution in [3.8, 4) is 0 Å². The van der Waals surface area contributed by atoms with E-state index in [1.165, 1.54) is 12.1 Å². The van der Waals surface area contributed by atoms with Gasteiger partial charge in [-0.3, -0.25) is 4.79 Å². The fourth-order valence-electron chi connectivity index (χ4n) is 2.47. The van der Waals surface area contributed by atoms with Crippen molar-refractivity contribution >= 4 is 23.2 Å². The summed E-state index contributed by atoms with van der Waals surface area (Å²) in [6.45, 7) is 5.46. The number of benzene rings is 2.